The maximum Gasteiger partial charge on any atom is 0.339 e. The van der Waals surface area contributed by atoms with E-state index in [-0.39, 0.29) is 11.5 Å². The number of esters is 1. The summed E-state index contributed by atoms with van der Waals surface area (Å²) < 4.78 is 6.32. The number of hydrogen-bond acceptors (Lipinski definition) is 5. The summed E-state index contributed by atoms with van der Waals surface area (Å²) in [4.78, 5) is 28.6. The highest BCUT2D eigenvalue weighted by atomic mass is 16.5. The predicted octanol–water partition coefficient (Wildman–Crippen LogP) is 2.61. The van der Waals surface area contributed by atoms with Gasteiger partial charge in [0.2, 0.25) is 0 Å². The SMILES string of the molecule is COC(=O)c1ccccc1NC(=O)c1cnn(-c2ccccn2)c1C. The second kappa shape index (κ2) is 6.96. The first-order valence-electron chi connectivity index (χ1n) is 7.56. The molecule has 0 aliphatic carbocycles. The quantitative estimate of drug-likeness (QED) is 0.740. The van der Waals surface area contributed by atoms with Crippen LogP contribution in [-0.4, -0.2) is 33.8 Å². The lowest BCUT2D eigenvalue weighted by atomic mass is 10.1. The van der Waals surface area contributed by atoms with Crippen LogP contribution in [0.4, 0.5) is 5.69 Å². The third-order valence-corrected chi connectivity index (χ3v) is 3.70. The van der Waals surface area contributed by atoms with Crippen molar-refractivity contribution in [3.8, 4) is 5.82 Å². The molecule has 1 amide bonds. The molecule has 0 saturated carbocycles. The topological polar surface area (TPSA) is 86.1 Å². The number of carbonyl (C=O) groups excluding carboxylic acids is 2. The van der Waals surface area contributed by atoms with Gasteiger partial charge in [-0.3, -0.25) is 4.79 Å². The molecule has 0 atom stereocenters. The van der Waals surface area contributed by atoms with Gasteiger partial charge in [-0.1, -0.05) is 18.2 Å². The average molecular weight is 336 g/mol. The van der Waals surface area contributed by atoms with Crippen molar-refractivity contribution >= 4 is 17.6 Å². The fourth-order valence-electron chi connectivity index (χ4n) is 2.41. The summed E-state index contributed by atoms with van der Waals surface area (Å²) in [5.41, 5.74) is 1.70. The molecule has 1 aromatic carbocycles. The van der Waals surface area contributed by atoms with Gasteiger partial charge in [-0.05, 0) is 31.2 Å². The number of amides is 1. The van der Waals surface area contributed by atoms with E-state index < -0.39 is 5.97 Å². The first-order valence-corrected chi connectivity index (χ1v) is 7.56. The zero-order valence-corrected chi connectivity index (χ0v) is 13.8. The van der Waals surface area contributed by atoms with E-state index in [0.29, 0.717) is 22.8 Å². The molecule has 2 heterocycles. The lowest BCUT2D eigenvalue weighted by Gasteiger charge is -2.09. The third kappa shape index (κ3) is 3.25. The van der Waals surface area contributed by atoms with Crippen LogP contribution < -0.4 is 5.32 Å². The molecule has 0 unspecified atom stereocenters. The fourth-order valence-corrected chi connectivity index (χ4v) is 2.41. The molecule has 7 heteroatoms. The Kier molecular flexibility index (Phi) is 4.56. The van der Waals surface area contributed by atoms with E-state index in [4.69, 9.17) is 4.74 Å². The van der Waals surface area contributed by atoms with Gasteiger partial charge in [0, 0.05) is 6.20 Å². The van der Waals surface area contributed by atoms with E-state index in [1.54, 1.807) is 54.2 Å². The van der Waals surface area contributed by atoms with E-state index in [1.165, 1.54) is 13.3 Å². The Morgan fingerprint density at radius 2 is 1.84 bits per heavy atom. The molecule has 0 radical (unpaired) electrons. The second-order valence-electron chi connectivity index (χ2n) is 5.23. The lowest BCUT2D eigenvalue weighted by Crippen LogP contribution is -2.16. The molecule has 1 N–H and O–H groups in total. The summed E-state index contributed by atoms with van der Waals surface area (Å²) in [5.74, 6) is -0.262. The number of aromatic nitrogens is 3. The van der Waals surface area contributed by atoms with Crippen LogP contribution in [0.1, 0.15) is 26.4 Å². The molecule has 3 aromatic rings. The Bertz CT molecular complexity index is 919. The van der Waals surface area contributed by atoms with E-state index in [1.807, 2.05) is 6.07 Å². The van der Waals surface area contributed by atoms with E-state index in [9.17, 15) is 9.59 Å². The largest absolute Gasteiger partial charge is 0.465 e. The monoisotopic (exact) mass is 336 g/mol. The van der Waals surface area contributed by atoms with Crippen LogP contribution in [0.3, 0.4) is 0 Å². The van der Waals surface area contributed by atoms with Gasteiger partial charge >= 0.3 is 5.97 Å². The first kappa shape index (κ1) is 16.4. The maximum absolute atomic E-state index is 12.6. The smallest absolute Gasteiger partial charge is 0.339 e. The minimum Gasteiger partial charge on any atom is -0.465 e. The molecule has 2 aromatic heterocycles. The number of methoxy groups -OCH3 is 1. The number of nitrogens with zero attached hydrogens (tertiary/aromatic N) is 3. The van der Waals surface area contributed by atoms with Crippen molar-refractivity contribution in [3.63, 3.8) is 0 Å². The Morgan fingerprint density at radius 3 is 2.56 bits per heavy atom. The standard InChI is InChI=1S/C18H16N4O3/c1-12-14(11-20-22(12)16-9-5-6-10-19-16)17(23)21-15-8-4-3-7-13(15)18(24)25-2/h3-11H,1-2H3,(H,21,23). The summed E-state index contributed by atoms with van der Waals surface area (Å²) in [6, 6.07) is 12.1. The maximum atomic E-state index is 12.6. The summed E-state index contributed by atoms with van der Waals surface area (Å²) in [6.45, 7) is 1.78. The van der Waals surface area contributed by atoms with Gasteiger partial charge in [0.25, 0.3) is 5.91 Å². The molecule has 3 rings (SSSR count). The van der Waals surface area contributed by atoms with Crippen molar-refractivity contribution in [1.82, 2.24) is 14.8 Å². The number of pyridine rings is 1. The van der Waals surface area contributed by atoms with Crippen LogP contribution >= 0.6 is 0 Å². The van der Waals surface area contributed by atoms with Gasteiger partial charge in [-0.25, -0.2) is 14.5 Å². The minimum absolute atomic E-state index is 0.285. The third-order valence-electron chi connectivity index (χ3n) is 3.70. The lowest BCUT2D eigenvalue weighted by molar-refractivity contribution is 0.0602. The van der Waals surface area contributed by atoms with Crippen molar-refractivity contribution in [2.24, 2.45) is 0 Å². The van der Waals surface area contributed by atoms with Gasteiger partial charge in [0.15, 0.2) is 5.82 Å². The van der Waals surface area contributed by atoms with Crippen LogP contribution in [0, 0.1) is 6.92 Å². The summed E-state index contributed by atoms with van der Waals surface area (Å²) >= 11 is 0. The van der Waals surface area contributed by atoms with E-state index in [0.717, 1.165) is 0 Å². The Hall–Kier alpha value is -3.48. The number of rotatable bonds is 4. The minimum atomic E-state index is -0.517. The Balaban J connectivity index is 1.89. The van der Waals surface area contributed by atoms with Crippen LogP contribution in [0.15, 0.2) is 54.9 Å². The van der Waals surface area contributed by atoms with Crippen molar-refractivity contribution in [3.05, 3.63) is 71.7 Å². The highest BCUT2D eigenvalue weighted by Gasteiger charge is 2.18. The summed E-state index contributed by atoms with van der Waals surface area (Å²) in [6.07, 6.45) is 3.13. The van der Waals surface area contributed by atoms with Crippen LogP contribution in [0.5, 0.6) is 0 Å². The first-order chi connectivity index (χ1) is 12.1. The van der Waals surface area contributed by atoms with Crippen molar-refractivity contribution < 1.29 is 14.3 Å². The number of benzene rings is 1. The highest BCUT2D eigenvalue weighted by Crippen LogP contribution is 2.19. The molecule has 0 saturated heterocycles. The molecule has 0 fully saturated rings. The zero-order valence-electron chi connectivity index (χ0n) is 13.8. The molecular formula is C18H16N4O3. The Morgan fingerprint density at radius 1 is 1.08 bits per heavy atom. The number of para-hydroxylation sites is 1. The number of ether oxygens (including phenoxy) is 1. The molecule has 126 valence electrons. The highest BCUT2D eigenvalue weighted by molar-refractivity contribution is 6.08. The molecule has 0 aliphatic heterocycles. The molecular weight excluding hydrogens is 320 g/mol. The van der Waals surface area contributed by atoms with E-state index in [2.05, 4.69) is 15.4 Å². The van der Waals surface area contributed by atoms with Crippen LogP contribution in [-0.2, 0) is 4.74 Å². The number of anilines is 1. The Labute approximate surface area is 144 Å². The van der Waals surface area contributed by atoms with Gasteiger partial charge in [0.1, 0.15) is 0 Å². The van der Waals surface area contributed by atoms with Crippen molar-refractivity contribution in [2.45, 2.75) is 6.92 Å². The molecule has 25 heavy (non-hydrogen) atoms. The van der Waals surface area contributed by atoms with Gasteiger partial charge in [0.05, 0.1) is 35.8 Å². The molecule has 7 nitrogen and oxygen atoms in total. The number of hydrogen-bond donors (Lipinski definition) is 1. The predicted molar refractivity (Wildman–Crippen MR) is 91.8 cm³/mol. The van der Waals surface area contributed by atoms with Gasteiger partial charge in [-0.2, -0.15) is 5.10 Å². The normalized spacial score (nSPS) is 10.3. The van der Waals surface area contributed by atoms with E-state index >= 15 is 0 Å². The average Bonchev–Trinajstić information content (AvgIpc) is 3.04. The molecule has 0 bridgehead atoms. The van der Waals surface area contributed by atoms with Crippen LogP contribution in [0.25, 0.3) is 5.82 Å². The van der Waals surface area contributed by atoms with Gasteiger partial charge in [-0.15, -0.1) is 0 Å². The fraction of sp³-hybridized carbons (Fsp3) is 0.111. The zero-order chi connectivity index (χ0) is 17.8. The second-order valence-corrected chi connectivity index (χ2v) is 5.23. The van der Waals surface area contributed by atoms with Crippen molar-refractivity contribution in [2.75, 3.05) is 12.4 Å². The summed E-state index contributed by atoms with van der Waals surface area (Å²) in [5, 5.41) is 6.96. The van der Waals surface area contributed by atoms with Crippen molar-refractivity contribution in [1.29, 1.82) is 0 Å². The number of nitrogens with one attached hydrogen (secondary N) is 1. The van der Waals surface area contributed by atoms with Crippen LogP contribution in [0.2, 0.25) is 0 Å². The van der Waals surface area contributed by atoms with Gasteiger partial charge < -0.3 is 10.1 Å². The molecule has 0 aliphatic rings. The number of carbonyl (C=O) groups is 2. The summed E-state index contributed by atoms with van der Waals surface area (Å²) in [7, 11) is 1.29. The molecule has 0 spiro atoms.